The predicted octanol–water partition coefficient (Wildman–Crippen LogP) is 4.07. The van der Waals surface area contributed by atoms with Crippen LogP contribution in [0.2, 0.25) is 0 Å². The van der Waals surface area contributed by atoms with Gasteiger partial charge in [0.25, 0.3) is 0 Å². The zero-order chi connectivity index (χ0) is 20.6. The van der Waals surface area contributed by atoms with Crippen molar-refractivity contribution in [1.82, 2.24) is 20.5 Å². The van der Waals surface area contributed by atoms with Crippen LogP contribution in [0.4, 0.5) is 4.39 Å². The quantitative estimate of drug-likeness (QED) is 0.322. The summed E-state index contributed by atoms with van der Waals surface area (Å²) in [6, 6.07) is 7.22. The highest BCUT2D eigenvalue weighted by molar-refractivity contribution is 14.0. The van der Waals surface area contributed by atoms with Crippen molar-refractivity contribution >= 4 is 29.9 Å². The van der Waals surface area contributed by atoms with E-state index in [-0.39, 0.29) is 29.8 Å². The monoisotopic (exact) mass is 529 g/mol. The molecule has 1 aliphatic heterocycles. The largest absolute Gasteiger partial charge is 0.444 e. The van der Waals surface area contributed by atoms with Crippen molar-refractivity contribution in [2.75, 3.05) is 26.2 Å². The molecule has 0 aliphatic carbocycles. The Hall–Kier alpha value is -1.68. The number of nitrogens with one attached hydrogen (secondary N) is 2. The van der Waals surface area contributed by atoms with Crippen LogP contribution in [0, 0.1) is 5.82 Å². The van der Waals surface area contributed by atoms with E-state index in [9.17, 15) is 4.39 Å². The molecule has 6 nitrogen and oxygen atoms in total. The fourth-order valence-corrected chi connectivity index (χ4v) is 3.50. The number of piperidine rings is 1. The first-order chi connectivity index (χ1) is 14.0. The number of hydrogen-bond acceptors (Lipinski definition) is 4. The number of oxazole rings is 1. The lowest BCUT2D eigenvalue weighted by Crippen LogP contribution is -2.49. The third kappa shape index (κ3) is 7.23. The average Bonchev–Trinajstić information content (AvgIpc) is 3.18. The summed E-state index contributed by atoms with van der Waals surface area (Å²) in [5, 5.41) is 6.90. The van der Waals surface area contributed by atoms with E-state index in [1.165, 1.54) is 12.1 Å². The lowest BCUT2D eigenvalue weighted by Gasteiger charge is -2.35. The third-order valence-electron chi connectivity index (χ3n) is 5.23. The standard InChI is InChI=1S/C22H32FN5O.HI/c1-4-24-22(27-19-10-13-28(14-11-19)16(2)3)25-12-9-20-15-29-21(26-20)17-5-7-18(23)8-6-17;/h5-8,15-16,19H,4,9-14H2,1-3H3,(H2,24,25,27);1H. The van der Waals surface area contributed by atoms with E-state index in [0.29, 0.717) is 30.9 Å². The number of halogens is 2. The molecule has 1 aliphatic rings. The third-order valence-corrected chi connectivity index (χ3v) is 5.23. The van der Waals surface area contributed by atoms with Gasteiger partial charge in [-0.2, -0.15) is 0 Å². The van der Waals surface area contributed by atoms with Crippen LogP contribution in [0.5, 0.6) is 0 Å². The van der Waals surface area contributed by atoms with Crippen molar-refractivity contribution < 1.29 is 8.81 Å². The average molecular weight is 529 g/mol. The summed E-state index contributed by atoms with van der Waals surface area (Å²) in [6.07, 6.45) is 4.60. The Bertz CT molecular complexity index is 785. The van der Waals surface area contributed by atoms with Gasteiger partial charge in [0.15, 0.2) is 5.96 Å². The van der Waals surface area contributed by atoms with Crippen LogP contribution in [0.3, 0.4) is 0 Å². The van der Waals surface area contributed by atoms with Crippen LogP contribution in [0.1, 0.15) is 39.3 Å². The first-order valence-electron chi connectivity index (χ1n) is 10.5. The molecule has 0 radical (unpaired) electrons. The van der Waals surface area contributed by atoms with Crippen LogP contribution in [-0.4, -0.2) is 54.1 Å². The minimum atomic E-state index is -0.270. The maximum Gasteiger partial charge on any atom is 0.226 e. The van der Waals surface area contributed by atoms with Gasteiger partial charge in [0.05, 0.1) is 5.69 Å². The number of aromatic nitrogens is 1. The SMILES string of the molecule is CCNC(=NCCc1coc(-c2ccc(F)cc2)n1)NC1CCN(C(C)C)CC1.I. The smallest absolute Gasteiger partial charge is 0.226 e. The van der Waals surface area contributed by atoms with E-state index in [2.05, 4.69) is 41.3 Å². The minimum absolute atomic E-state index is 0. The van der Waals surface area contributed by atoms with Gasteiger partial charge in [-0.3, -0.25) is 4.99 Å². The molecule has 0 bridgehead atoms. The molecule has 166 valence electrons. The lowest BCUT2D eigenvalue weighted by molar-refractivity contribution is 0.167. The minimum Gasteiger partial charge on any atom is -0.444 e. The zero-order valence-electron chi connectivity index (χ0n) is 18.0. The fourth-order valence-electron chi connectivity index (χ4n) is 3.50. The maximum absolute atomic E-state index is 13.1. The van der Waals surface area contributed by atoms with Crippen molar-refractivity contribution in [3.8, 4) is 11.5 Å². The Morgan fingerprint density at radius 3 is 2.60 bits per heavy atom. The summed E-state index contributed by atoms with van der Waals surface area (Å²) in [5.74, 6) is 1.09. The van der Waals surface area contributed by atoms with E-state index in [1.54, 1.807) is 18.4 Å². The van der Waals surface area contributed by atoms with Gasteiger partial charge in [-0.1, -0.05) is 0 Å². The summed E-state index contributed by atoms with van der Waals surface area (Å²) in [4.78, 5) is 11.7. The Morgan fingerprint density at radius 1 is 1.27 bits per heavy atom. The number of aliphatic imine (C=N–C) groups is 1. The first kappa shape index (κ1) is 24.6. The lowest BCUT2D eigenvalue weighted by atomic mass is 10.0. The molecule has 1 aromatic heterocycles. The van der Waals surface area contributed by atoms with Crippen LogP contribution in [-0.2, 0) is 6.42 Å². The molecule has 1 saturated heterocycles. The molecule has 0 spiro atoms. The molecule has 0 saturated carbocycles. The molecular formula is C22H33FIN5O. The fraction of sp³-hybridized carbons (Fsp3) is 0.545. The van der Waals surface area contributed by atoms with E-state index in [0.717, 1.165) is 49.7 Å². The summed E-state index contributed by atoms with van der Waals surface area (Å²) in [7, 11) is 0. The number of benzene rings is 1. The van der Waals surface area contributed by atoms with E-state index in [1.807, 2.05) is 0 Å². The van der Waals surface area contributed by atoms with Crippen molar-refractivity contribution in [2.24, 2.45) is 4.99 Å². The van der Waals surface area contributed by atoms with Crippen molar-refractivity contribution in [1.29, 1.82) is 0 Å². The molecule has 0 atom stereocenters. The number of rotatable bonds is 7. The molecule has 0 amide bonds. The second-order valence-electron chi connectivity index (χ2n) is 7.71. The van der Waals surface area contributed by atoms with Gasteiger partial charge in [-0.05, 0) is 57.9 Å². The molecule has 3 rings (SSSR count). The molecule has 2 heterocycles. The first-order valence-corrected chi connectivity index (χ1v) is 10.5. The van der Waals surface area contributed by atoms with E-state index in [4.69, 9.17) is 9.41 Å². The molecule has 2 N–H and O–H groups in total. The Balaban J connectivity index is 0.00000320. The summed E-state index contributed by atoms with van der Waals surface area (Å²) >= 11 is 0. The van der Waals surface area contributed by atoms with Gasteiger partial charge in [-0.15, -0.1) is 24.0 Å². The highest BCUT2D eigenvalue weighted by atomic mass is 127. The molecule has 8 heteroatoms. The molecule has 1 fully saturated rings. The maximum atomic E-state index is 13.1. The van der Waals surface area contributed by atoms with E-state index < -0.39 is 0 Å². The normalized spacial score (nSPS) is 15.8. The molecule has 30 heavy (non-hydrogen) atoms. The summed E-state index contributed by atoms with van der Waals surface area (Å²) in [5.41, 5.74) is 1.61. The van der Waals surface area contributed by atoms with Crippen molar-refractivity contribution in [3.63, 3.8) is 0 Å². The number of likely N-dealkylation sites (tertiary alicyclic amines) is 1. The van der Waals surface area contributed by atoms with Crippen molar-refractivity contribution in [3.05, 3.63) is 42.0 Å². The van der Waals surface area contributed by atoms with Gasteiger partial charge < -0.3 is 20.0 Å². The Kier molecular flexibility index (Phi) is 10.0. The van der Waals surface area contributed by atoms with Gasteiger partial charge >= 0.3 is 0 Å². The van der Waals surface area contributed by atoms with Crippen LogP contribution < -0.4 is 10.6 Å². The number of guanidine groups is 1. The number of nitrogens with zero attached hydrogens (tertiary/aromatic N) is 3. The second kappa shape index (κ2) is 12.2. The molecule has 0 unspecified atom stereocenters. The Labute approximate surface area is 195 Å². The Morgan fingerprint density at radius 2 is 1.97 bits per heavy atom. The van der Waals surface area contributed by atoms with Crippen LogP contribution >= 0.6 is 24.0 Å². The van der Waals surface area contributed by atoms with Crippen LogP contribution in [0.25, 0.3) is 11.5 Å². The molecular weight excluding hydrogens is 496 g/mol. The summed E-state index contributed by atoms with van der Waals surface area (Å²) < 4.78 is 18.6. The molecule has 1 aromatic carbocycles. The molecule has 2 aromatic rings. The number of hydrogen-bond donors (Lipinski definition) is 2. The van der Waals surface area contributed by atoms with Gasteiger partial charge in [0, 0.05) is 50.2 Å². The highest BCUT2D eigenvalue weighted by Gasteiger charge is 2.21. The van der Waals surface area contributed by atoms with E-state index >= 15 is 0 Å². The van der Waals surface area contributed by atoms with Gasteiger partial charge in [0.2, 0.25) is 5.89 Å². The highest BCUT2D eigenvalue weighted by Crippen LogP contribution is 2.19. The predicted molar refractivity (Wildman–Crippen MR) is 130 cm³/mol. The second-order valence-corrected chi connectivity index (χ2v) is 7.71. The van der Waals surface area contributed by atoms with Crippen LogP contribution in [0.15, 0.2) is 39.9 Å². The topological polar surface area (TPSA) is 65.7 Å². The van der Waals surface area contributed by atoms with Gasteiger partial charge in [0.1, 0.15) is 12.1 Å². The van der Waals surface area contributed by atoms with Crippen molar-refractivity contribution in [2.45, 2.75) is 52.1 Å². The summed E-state index contributed by atoms with van der Waals surface area (Å²) in [6.45, 7) is 10.3. The van der Waals surface area contributed by atoms with Gasteiger partial charge in [-0.25, -0.2) is 9.37 Å². The zero-order valence-corrected chi connectivity index (χ0v) is 20.4.